The molecule has 2 aromatic rings. The summed E-state index contributed by atoms with van der Waals surface area (Å²) in [6, 6.07) is 7.36. The van der Waals surface area contributed by atoms with Gasteiger partial charge in [0.25, 0.3) is 0 Å². The van der Waals surface area contributed by atoms with Gasteiger partial charge in [-0.1, -0.05) is 27.5 Å². The van der Waals surface area contributed by atoms with E-state index in [1.54, 1.807) is 6.07 Å². The smallest absolute Gasteiger partial charge is 0.125 e. The molecular formula is C13H12BrClO2S. The molecule has 0 amide bonds. The first-order chi connectivity index (χ1) is 8.63. The first-order valence-corrected chi connectivity index (χ1v) is 7.51. The highest BCUT2D eigenvalue weighted by Gasteiger charge is 2.19. The van der Waals surface area contributed by atoms with Crippen LogP contribution in [0.1, 0.15) is 23.5 Å². The molecule has 2 rings (SSSR count). The maximum absolute atomic E-state index is 10.4. The number of aliphatic hydroxyl groups is 1. The highest BCUT2D eigenvalue weighted by atomic mass is 79.9. The molecule has 1 heterocycles. The van der Waals surface area contributed by atoms with E-state index in [1.807, 2.05) is 30.5 Å². The summed E-state index contributed by atoms with van der Waals surface area (Å²) < 4.78 is 6.43. The molecular weight excluding hydrogens is 336 g/mol. The Kier molecular flexibility index (Phi) is 4.67. The quantitative estimate of drug-likeness (QED) is 0.872. The lowest BCUT2D eigenvalue weighted by Crippen LogP contribution is -2.03. The second-order valence-electron chi connectivity index (χ2n) is 3.65. The molecule has 1 N–H and O–H groups in total. The van der Waals surface area contributed by atoms with Crippen molar-refractivity contribution in [2.24, 2.45) is 0 Å². The zero-order valence-electron chi connectivity index (χ0n) is 9.69. The lowest BCUT2D eigenvalue weighted by molar-refractivity contribution is 0.215. The maximum atomic E-state index is 10.4. The normalized spacial score (nSPS) is 12.4. The van der Waals surface area contributed by atoms with Gasteiger partial charge in [-0.3, -0.25) is 0 Å². The highest BCUT2D eigenvalue weighted by molar-refractivity contribution is 9.10. The molecule has 1 atom stereocenters. The largest absolute Gasteiger partial charge is 0.493 e. The Bertz CT molecular complexity index is 542. The van der Waals surface area contributed by atoms with E-state index < -0.39 is 6.10 Å². The number of thiophene rings is 1. The molecule has 0 saturated carbocycles. The van der Waals surface area contributed by atoms with Gasteiger partial charge in [0.05, 0.1) is 16.5 Å². The van der Waals surface area contributed by atoms with Crippen molar-refractivity contribution < 1.29 is 9.84 Å². The zero-order valence-corrected chi connectivity index (χ0v) is 12.8. The van der Waals surface area contributed by atoms with Gasteiger partial charge in [-0.2, -0.15) is 0 Å². The van der Waals surface area contributed by atoms with Gasteiger partial charge in [-0.15, -0.1) is 11.3 Å². The monoisotopic (exact) mass is 346 g/mol. The predicted molar refractivity (Wildman–Crippen MR) is 78.7 cm³/mol. The molecule has 18 heavy (non-hydrogen) atoms. The molecule has 0 bridgehead atoms. The molecule has 96 valence electrons. The van der Waals surface area contributed by atoms with Gasteiger partial charge in [-0.25, -0.2) is 0 Å². The van der Waals surface area contributed by atoms with Crippen LogP contribution in [-0.4, -0.2) is 11.7 Å². The van der Waals surface area contributed by atoms with Crippen molar-refractivity contribution in [2.75, 3.05) is 6.61 Å². The molecule has 0 fully saturated rings. The molecule has 0 radical (unpaired) electrons. The van der Waals surface area contributed by atoms with Crippen LogP contribution in [0, 0.1) is 0 Å². The van der Waals surface area contributed by atoms with E-state index in [9.17, 15) is 5.11 Å². The van der Waals surface area contributed by atoms with Crippen molar-refractivity contribution in [1.82, 2.24) is 0 Å². The minimum atomic E-state index is -0.767. The number of halogens is 2. The first-order valence-electron chi connectivity index (χ1n) is 5.46. The van der Waals surface area contributed by atoms with E-state index in [0.717, 1.165) is 14.9 Å². The second-order valence-corrected chi connectivity index (χ2v) is 5.92. The zero-order chi connectivity index (χ0) is 13.1. The number of hydrogen-bond acceptors (Lipinski definition) is 3. The molecule has 0 saturated heterocycles. The van der Waals surface area contributed by atoms with Crippen molar-refractivity contribution in [2.45, 2.75) is 13.0 Å². The fraction of sp³-hybridized carbons (Fsp3) is 0.231. The summed E-state index contributed by atoms with van der Waals surface area (Å²) in [5, 5.41) is 12.9. The average Bonchev–Trinajstić information content (AvgIpc) is 2.77. The molecule has 2 nitrogen and oxygen atoms in total. The minimum Gasteiger partial charge on any atom is -0.493 e. The van der Waals surface area contributed by atoms with Crippen LogP contribution in [0.4, 0.5) is 0 Å². The molecule has 0 aliphatic carbocycles. The number of hydrogen-bond donors (Lipinski definition) is 1. The Morgan fingerprint density at radius 2 is 2.22 bits per heavy atom. The predicted octanol–water partition coefficient (Wildman–Crippen LogP) is 4.64. The molecule has 5 heteroatoms. The van der Waals surface area contributed by atoms with Crippen LogP contribution >= 0.6 is 38.9 Å². The Balaban J connectivity index is 2.43. The van der Waals surface area contributed by atoms with Crippen molar-refractivity contribution >= 4 is 38.9 Å². The van der Waals surface area contributed by atoms with Crippen LogP contribution in [0.5, 0.6) is 5.75 Å². The molecule has 1 aromatic carbocycles. The second kappa shape index (κ2) is 6.06. The minimum absolute atomic E-state index is 0.555. The standard InChI is InChI=1S/C13H12BrClO2S/c1-2-17-11-4-3-8(14)7-9(11)12(16)13-10(15)5-6-18-13/h3-7,12,16H,2H2,1H3. The van der Waals surface area contributed by atoms with E-state index in [-0.39, 0.29) is 0 Å². The third-order valence-corrected chi connectivity index (χ3v) is 4.36. The molecule has 1 unspecified atom stereocenters. The lowest BCUT2D eigenvalue weighted by Gasteiger charge is -2.15. The highest BCUT2D eigenvalue weighted by Crippen LogP contribution is 2.37. The van der Waals surface area contributed by atoms with Crippen LogP contribution in [-0.2, 0) is 0 Å². The Morgan fingerprint density at radius 1 is 1.44 bits per heavy atom. The third-order valence-electron chi connectivity index (χ3n) is 2.46. The van der Waals surface area contributed by atoms with E-state index in [4.69, 9.17) is 16.3 Å². The molecule has 1 aromatic heterocycles. The van der Waals surface area contributed by atoms with E-state index in [2.05, 4.69) is 15.9 Å². The van der Waals surface area contributed by atoms with Gasteiger partial charge in [0.15, 0.2) is 0 Å². The summed E-state index contributed by atoms with van der Waals surface area (Å²) in [5.74, 6) is 0.678. The summed E-state index contributed by atoms with van der Waals surface area (Å²) in [4.78, 5) is 0.732. The van der Waals surface area contributed by atoms with Crippen LogP contribution in [0.25, 0.3) is 0 Å². The summed E-state index contributed by atoms with van der Waals surface area (Å²) in [6.07, 6.45) is -0.767. The Morgan fingerprint density at radius 3 is 2.83 bits per heavy atom. The van der Waals surface area contributed by atoms with E-state index in [1.165, 1.54) is 11.3 Å². The average molecular weight is 348 g/mol. The Hall–Kier alpha value is -0.550. The topological polar surface area (TPSA) is 29.5 Å². The molecule has 0 spiro atoms. The van der Waals surface area contributed by atoms with Crippen LogP contribution in [0.3, 0.4) is 0 Å². The van der Waals surface area contributed by atoms with Gasteiger partial charge >= 0.3 is 0 Å². The number of benzene rings is 1. The molecule has 0 aliphatic heterocycles. The first kappa shape index (κ1) is 13.9. The fourth-order valence-electron chi connectivity index (χ4n) is 1.66. The number of aliphatic hydroxyl groups excluding tert-OH is 1. The van der Waals surface area contributed by atoms with E-state index >= 15 is 0 Å². The number of rotatable bonds is 4. The van der Waals surface area contributed by atoms with Gasteiger partial charge in [0.2, 0.25) is 0 Å². The van der Waals surface area contributed by atoms with Crippen LogP contribution < -0.4 is 4.74 Å². The molecule has 0 aliphatic rings. The van der Waals surface area contributed by atoms with Crippen molar-refractivity contribution in [3.05, 3.63) is 49.6 Å². The third kappa shape index (κ3) is 2.88. The van der Waals surface area contributed by atoms with Crippen LogP contribution in [0.2, 0.25) is 5.02 Å². The fourth-order valence-corrected chi connectivity index (χ4v) is 3.20. The van der Waals surface area contributed by atoms with Gasteiger partial charge in [0.1, 0.15) is 11.9 Å². The van der Waals surface area contributed by atoms with Crippen LogP contribution in [0.15, 0.2) is 34.1 Å². The summed E-state index contributed by atoms with van der Waals surface area (Å²) in [6.45, 7) is 2.47. The van der Waals surface area contributed by atoms with Gasteiger partial charge in [0, 0.05) is 10.0 Å². The van der Waals surface area contributed by atoms with Crippen molar-refractivity contribution in [3.8, 4) is 5.75 Å². The maximum Gasteiger partial charge on any atom is 0.125 e. The lowest BCUT2D eigenvalue weighted by atomic mass is 10.1. The van der Waals surface area contributed by atoms with Crippen molar-refractivity contribution in [1.29, 1.82) is 0 Å². The van der Waals surface area contributed by atoms with E-state index in [0.29, 0.717) is 17.4 Å². The SMILES string of the molecule is CCOc1ccc(Br)cc1C(O)c1sccc1Cl. The number of ether oxygens (including phenoxy) is 1. The summed E-state index contributed by atoms with van der Waals surface area (Å²) in [5.41, 5.74) is 0.718. The van der Waals surface area contributed by atoms with Gasteiger partial charge < -0.3 is 9.84 Å². The van der Waals surface area contributed by atoms with Gasteiger partial charge in [-0.05, 0) is 36.6 Å². The van der Waals surface area contributed by atoms with Crippen molar-refractivity contribution in [3.63, 3.8) is 0 Å². The summed E-state index contributed by atoms with van der Waals surface area (Å²) >= 11 is 10.9. The summed E-state index contributed by atoms with van der Waals surface area (Å²) in [7, 11) is 0. The Labute approximate surface area is 123 Å².